The van der Waals surface area contributed by atoms with E-state index >= 15 is 0 Å². The van der Waals surface area contributed by atoms with Crippen LogP contribution in [-0.2, 0) is 43.9 Å². The molecular formula is C20H28FN5O14P2S. The van der Waals surface area contributed by atoms with Crippen LogP contribution in [0.5, 0.6) is 0 Å². The van der Waals surface area contributed by atoms with Gasteiger partial charge < -0.3 is 59.8 Å². The van der Waals surface area contributed by atoms with Crippen molar-refractivity contribution in [3.8, 4) is 12.3 Å². The number of phosphoric acid groups is 1. The van der Waals surface area contributed by atoms with Gasteiger partial charge in [0, 0.05) is 12.7 Å². The summed E-state index contributed by atoms with van der Waals surface area (Å²) < 4.78 is 58.2. The van der Waals surface area contributed by atoms with Gasteiger partial charge in [0.25, 0.3) is 0 Å². The molecule has 0 saturated carbocycles. The van der Waals surface area contributed by atoms with E-state index in [1.165, 1.54) is 17.8 Å². The number of ether oxygens (including phenoxy) is 3. The van der Waals surface area contributed by atoms with Crippen molar-refractivity contribution in [1.29, 1.82) is 0 Å². The first-order valence-corrected chi connectivity index (χ1v) is 16.1. The van der Waals surface area contributed by atoms with Gasteiger partial charge in [-0.25, -0.2) is 23.2 Å². The van der Waals surface area contributed by atoms with Gasteiger partial charge in [-0.2, -0.15) is 9.61 Å². The molecule has 0 bridgehead atoms. The Kier molecular flexibility index (Phi) is 10.2. The number of aliphatic hydroxyl groups is 5. The maximum Gasteiger partial charge on any atom is 0.481 e. The third-order valence-electron chi connectivity index (χ3n) is 6.68. The van der Waals surface area contributed by atoms with Crippen molar-refractivity contribution >= 4 is 37.9 Å². The smallest absolute Gasteiger partial charge is 0.393 e. The number of halogens is 1. The summed E-state index contributed by atoms with van der Waals surface area (Å²) in [6.45, 7) is -6.70. The van der Waals surface area contributed by atoms with Crippen LogP contribution in [0.15, 0.2) is 12.5 Å². The van der Waals surface area contributed by atoms with Gasteiger partial charge in [0.1, 0.15) is 49.1 Å². The highest BCUT2D eigenvalue weighted by molar-refractivity contribution is 8.08. The average molecular weight is 675 g/mol. The number of rotatable bonds is 11. The number of terminal acetylenes is 1. The summed E-state index contributed by atoms with van der Waals surface area (Å²) >= 11 is 4.76. The molecule has 0 radical (unpaired) electrons. The molecule has 2 saturated heterocycles. The second-order valence-electron chi connectivity index (χ2n) is 9.27. The molecule has 0 spiro atoms. The quantitative estimate of drug-likeness (QED) is 0.0871. The van der Waals surface area contributed by atoms with E-state index in [0.717, 1.165) is 6.33 Å². The second-order valence-corrected chi connectivity index (χ2v) is 13.6. The molecule has 2 aliphatic heterocycles. The van der Waals surface area contributed by atoms with Crippen molar-refractivity contribution in [3.05, 3.63) is 18.1 Å². The Morgan fingerprint density at radius 3 is 2.58 bits per heavy atom. The molecule has 4 heterocycles. The number of aromatic nitrogens is 4. The van der Waals surface area contributed by atoms with E-state index in [1.54, 1.807) is 0 Å². The molecule has 12 atom stereocenters. The number of aliphatic hydroxyl groups excluding tert-OH is 5. The van der Waals surface area contributed by atoms with E-state index < -0.39 is 88.5 Å². The fraction of sp³-hybridized carbons (Fsp3) is 0.650. The van der Waals surface area contributed by atoms with Crippen LogP contribution in [0.3, 0.4) is 0 Å². The van der Waals surface area contributed by atoms with Crippen molar-refractivity contribution in [2.45, 2.75) is 60.8 Å². The molecule has 0 amide bonds. The predicted octanol–water partition coefficient (Wildman–Crippen LogP) is -2.97. The van der Waals surface area contributed by atoms with Crippen molar-refractivity contribution < 1.29 is 71.8 Å². The van der Waals surface area contributed by atoms with Gasteiger partial charge in [-0.3, -0.25) is 4.52 Å². The molecule has 4 rings (SSSR count). The van der Waals surface area contributed by atoms with E-state index in [9.17, 15) is 39.2 Å². The van der Waals surface area contributed by atoms with E-state index in [4.69, 9.17) is 47.8 Å². The molecule has 0 aromatic carbocycles. The Balaban J connectivity index is 1.46. The number of nitrogens with two attached hydrogens (primary N) is 1. The van der Waals surface area contributed by atoms with E-state index in [1.807, 2.05) is 0 Å². The SMILES string of the molecule is C#C[C@@]1(OC)[C@H](O)[C@@H](COP(O)(=S)OP(=O)(O)OC2OC([C@@H](F)CO)C(O)C(O)C2O)O[C@H]1c1cnn2c(N)ncnc12. The maximum atomic E-state index is 14.0. The summed E-state index contributed by atoms with van der Waals surface area (Å²) in [5, 5.41) is 54.0. The summed E-state index contributed by atoms with van der Waals surface area (Å²) in [4.78, 5) is 28.5. The predicted molar refractivity (Wildman–Crippen MR) is 141 cm³/mol. The van der Waals surface area contributed by atoms with Gasteiger partial charge in [-0.1, -0.05) is 5.92 Å². The van der Waals surface area contributed by atoms with Gasteiger partial charge in [0.05, 0.1) is 19.4 Å². The third-order valence-corrected chi connectivity index (χ3v) is 10.2. The molecule has 7 unspecified atom stereocenters. The van der Waals surface area contributed by atoms with E-state index in [-0.39, 0.29) is 17.2 Å². The lowest BCUT2D eigenvalue weighted by molar-refractivity contribution is -0.287. The lowest BCUT2D eigenvalue weighted by Gasteiger charge is -2.41. The number of hydrogen-bond acceptors (Lipinski definition) is 17. The van der Waals surface area contributed by atoms with E-state index in [2.05, 4.69) is 29.8 Å². The lowest BCUT2D eigenvalue weighted by atomic mass is 9.88. The molecule has 2 aliphatic rings. The van der Waals surface area contributed by atoms with Crippen LogP contribution >= 0.6 is 14.5 Å². The fourth-order valence-corrected chi connectivity index (χ4v) is 7.63. The number of phosphoric ester groups is 1. The summed E-state index contributed by atoms with van der Waals surface area (Å²) in [6, 6.07) is 0. The topological polar surface area (TPSA) is 283 Å². The van der Waals surface area contributed by atoms with Gasteiger partial charge in [0.2, 0.25) is 5.95 Å². The molecule has 9 N–H and O–H groups in total. The highest BCUT2D eigenvalue weighted by Gasteiger charge is 2.58. The number of fused-ring (bicyclic) bond motifs is 1. The van der Waals surface area contributed by atoms with E-state index in [0.29, 0.717) is 0 Å². The first-order valence-electron chi connectivity index (χ1n) is 12.1. The molecule has 19 nitrogen and oxygen atoms in total. The molecule has 23 heteroatoms. The first kappa shape index (κ1) is 34.1. The maximum absolute atomic E-state index is 14.0. The zero-order chi connectivity index (χ0) is 31.9. The minimum absolute atomic E-state index is 0.0163. The summed E-state index contributed by atoms with van der Waals surface area (Å²) in [5.74, 6) is 2.32. The van der Waals surface area contributed by atoms with Crippen molar-refractivity contribution in [1.82, 2.24) is 19.6 Å². The summed E-state index contributed by atoms with van der Waals surface area (Å²) in [6.07, 6.45) is -9.06. The summed E-state index contributed by atoms with van der Waals surface area (Å²) in [5.41, 5.74) is 4.35. The zero-order valence-corrected chi connectivity index (χ0v) is 24.5. The first-order chi connectivity index (χ1) is 20.1. The number of hydrogen-bond donors (Lipinski definition) is 8. The van der Waals surface area contributed by atoms with Crippen LogP contribution in [-0.4, -0.2) is 130 Å². The van der Waals surface area contributed by atoms with Gasteiger partial charge in [-0.15, -0.1) is 6.42 Å². The normalized spacial score (nSPS) is 36.6. The standard InChI is InChI=1S/C20H28FN5O14P2S/c1-3-20(35-2)15(31)10(37-16(20)8-4-25-26-17(8)23-7-24-19(26)22)6-36-42(34,43)40-41(32,33)39-18-13(30)11(28)12(29)14(38-18)9(21)5-27/h1,4,7,9-16,18,27-31H,5-6H2,2H3,(H,32,33)(H,34,43)(H2,22,23,24)/t9-,10+,11?,12?,13?,14?,15+,16-,18?,20+,42?/m0/s1. The molecule has 0 aliphatic carbocycles. The summed E-state index contributed by atoms with van der Waals surface area (Å²) in [7, 11) is -4.32. The van der Waals surface area contributed by atoms with Crippen molar-refractivity contribution in [3.63, 3.8) is 0 Å². The monoisotopic (exact) mass is 675 g/mol. The number of anilines is 1. The van der Waals surface area contributed by atoms with Crippen LogP contribution in [0.25, 0.3) is 5.65 Å². The van der Waals surface area contributed by atoms with Gasteiger partial charge >= 0.3 is 14.5 Å². The molecule has 2 fully saturated rings. The average Bonchev–Trinajstić information content (AvgIpc) is 3.50. The molecule has 2 aromatic heterocycles. The number of methoxy groups -OCH3 is 1. The molecule has 43 heavy (non-hydrogen) atoms. The van der Waals surface area contributed by atoms with Crippen molar-refractivity contribution in [2.75, 3.05) is 26.1 Å². The third kappa shape index (κ3) is 6.61. The molecule has 2 aromatic rings. The van der Waals surface area contributed by atoms with Crippen LogP contribution in [0.1, 0.15) is 11.7 Å². The highest BCUT2D eigenvalue weighted by Crippen LogP contribution is 2.62. The van der Waals surface area contributed by atoms with Crippen molar-refractivity contribution in [2.24, 2.45) is 0 Å². The molecule has 240 valence electrons. The highest BCUT2D eigenvalue weighted by atomic mass is 32.5. The fourth-order valence-electron chi connectivity index (χ4n) is 4.53. The Hall–Kier alpha value is -1.80. The Morgan fingerprint density at radius 1 is 1.26 bits per heavy atom. The largest absolute Gasteiger partial charge is 0.481 e. The van der Waals surface area contributed by atoms with Crippen LogP contribution in [0, 0.1) is 12.3 Å². The Labute approximate surface area is 246 Å². The minimum Gasteiger partial charge on any atom is -0.393 e. The van der Waals surface area contributed by atoms with Crippen LogP contribution in [0.4, 0.5) is 10.3 Å². The number of nitrogen functional groups attached to an aromatic ring is 1. The Bertz CT molecular complexity index is 1450. The molecular weight excluding hydrogens is 647 g/mol. The second kappa shape index (κ2) is 12.9. The lowest BCUT2D eigenvalue weighted by Crippen LogP contribution is -2.60. The van der Waals surface area contributed by atoms with Crippen LogP contribution in [0.2, 0.25) is 0 Å². The zero-order valence-electron chi connectivity index (χ0n) is 21.9. The van der Waals surface area contributed by atoms with Gasteiger partial charge in [0.15, 0.2) is 23.7 Å². The number of alkyl halides is 1. The van der Waals surface area contributed by atoms with Crippen LogP contribution < -0.4 is 5.73 Å². The van der Waals surface area contributed by atoms with Gasteiger partial charge in [-0.05, 0) is 11.8 Å². The number of nitrogens with zero attached hydrogens (tertiary/aromatic N) is 4. The Morgan fingerprint density at radius 2 is 1.95 bits per heavy atom. The minimum atomic E-state index is -5.52.